The summed E-state index contributed by atoms with van der Waals surface area (Å²) in [5, 5.41) is 7.16. The molecule has 1 amide bonds. The van der Waals surface area contributed by atoms with E-state index in [0.717, 1.165) is 19.6 Å². The van der Waals surface area contributed by atoms with Crippen molar-refractivity contribution in [1.82, 2.24) is 15.3 Å². The molecule has 0 aliphatic carbocycles. The molecule has 182 valence electrons. The Labute approximate surface area is 212 Å². The topological polar surface area (TPSA) is 76.6 Å². The van der Waals surface area contributed by atoms with Crippen LogP contribution in [0.4, 0.5) is 33.2 Å². The van der Waals surface area contributed by atoms with Gasteiger partial charge in [-0.1, -0.05) is 29.3 Å². The van der Waals surface area contributed by atoms with Crippen LogP contribution in [0.1, 0.15) is 17.3 Å². The highest BCUT2D eigenvalue weighted by Crippen LogP contribution is 2.37. The number of hydrogen-bond donors (Lipinski definition) is 2. The first kappa shape index (κ1) is 23.6. The van der Waals surface area contributed by atoms with Crippen LogP contribution >= 0.6 is 23.2 Å². The van der Waals surface area contributed by atoms with Crippen molar-refractivity contribution in [3.63, 3.8) is 0 Å². The maximum atomic E-state index is 14.9. The van der Waals surface area contributed by atoms with E-state index in [-0.39, 0.29) is 24.3 Å². The molecule has 35 heavy (non-hydrogen) atoms. The summed E-state index contributed by atoms with van der Waals surface area (Å²) in [6.45, 7) is 4.60. The summed E-state index contributed by atoms with van der Waals surface area (Å²) in [7, 11) is 1.81. The first-order chi connectivity index (χ1) is 16.8. The molecule has 11 heteroatoms. The lowest BCUT2D eigenvalue weighted by atomic mass is 10.2. The number of rotatable bonds is 4. The third-order valence-corrected chi connectivity index (χ3v) is 6.69. The average Bonchev–Trinajstić information content (AvgIpc) is 2.82. The predicted octanol–water partition coefficient (Wildman–Crippen LogP) is 4.52. The SMILES string of the molecule is CC1CN(c2ccc(Nc3ncc4c(n3)N(C)CN(c3c(Cl)cccc3Cl)C4=O)cc2F)CCN1. The van der Waals surface area contributed by atoms with Crippen molar-refractivity contribution in [2.24, 2.45) is 0 Å². The zero-order valence-electron chi connectivity index (χ0n) is 19.2. The van der Waals surface area contributed by atoms with Crippen molar-refractivity contribution in [3.05, 3.63) is 64.0 Å². The van der Waals surface area contributed by atoms with Gasteiger partial charge in [-0.2, -0.15) is 4.98 Å². The van der Waals surface area contributed by atoms with Crippen molar-refractivity contribution in [2.45, 2.75) is 13.0 Å². The number of nitrogens with one attached hydrogen (secondary N) is 2. The smallest absolute Gasteiger partial charge is 0.265 e. The lowest BCUT2D eigenvalue weighted by Gasteiger charge is -2.35. The highest BCUT2D eigenvalue weighted by molar-refractivity contribution is 6.40. The quantitative estimate of drug-likeness (QED) is 0.528. The van der Waals surface area contributed by atoms with E-state index in [4.69, 9.17) is 23.2 Å². The van der Waals surface area contributed by atoms with Gasteiger partial charge in [0.1, 0.15) is 17.2 Å². The standard InChI is InChI=1S/C24H24Cl2FN7O/c1-14-12-33(9-8-28-14)20-7-6-15(10-19(20)27)30-24-29-11-16-22(31-24)32(2)13-34(23(16)35)21-17(25)4-3-5-18(21)26/h3-7,10-11,14,28H,8-9,12-13H2,1-2H3,(H,29,30,31). The summed E-state index contributed by atoms with van der Waals surface area (Å²) in [5.41, 5.74) is 1.84. The number of carbonyl (C=O) groups is 1. The van der Waals surface area contributed by atoms with Crippen LogP contribution in [0.5, 0.6) is 0 Å². The molecule has 0 spiro atoms. The third-order valence-electron chi connectivity index (χ3n) is 6.08. The van der Waals surface area contributed by atoms with Crippen molar-refractivity contribution >= 4 is 57.9 Å². The number of benzene rings is 2. The van der Waals surface area contributed by atoms with E-state index in [0.29, 0.717) is 44.5 Å². The minimum atomic E-state index is -0.318. The lowest BCUT2D eigenvalue weighted by Crippen LogP contribution is -2.49. The number of fused-ring (bicyclic) bond motifs is 1. The number of nitrogens with zero attached hydrogens (tertiary/aromatic N) is 5. The molecule has 2 aromatic carbocycles. The summed E-state index contributed by atoms with van der Waals surface area (Å²) in [6, 6.07) is 10.4. The highest BCUT2D eigenvalue weighted by atomic mass is 35.5. The van der Waals surface area contributed by atoms with Gasteiger partial charge in [-0.25, -0.2) is 9.37 Å². The molecular weight excluding hydrogens is 492 g/mol. The fourth-order valence-corrected chi connectivity index (χ4v) is 5.01. The molecule has 0 radical (unpaired) electrons. The molecule has 8 nitrogen and oxygen atoms in total. The van der Waals surface area contributed by atoms with Crippen LogP contribution in [-0.2, 0) is 0 Å². The molecule has 3 heterocycles. The Hall–Kier alpha value is -3.14. The van der Waals surface area contributed by atoms with E-state index in [9.17, 15) is 9.18 Å². The van der Waals surface area contributed by atoms with Crippen LogP contribution in [0, 0.1) is 5.82 Å². The maximum Gasteiger partial charge on any atom is 0.265 e. The second-order valence-electron chi connectivity index (χ2n) is 8.67. The molecule has 2 aliphatic heterocycles. The van der Waals surface area contributed by atoms with Crippen molar-refractivity contribution in [1.29, 1.82) is 0 Å². The van der Waals surface area contributed by atoms with Crippen molar-refractivity contribution in [3.8, 4) is 0 Å². The van der Waals surface area contributed by atoms with Gasteiger partial charge in [0.2, 0.25) is 5.95 Å². The lowest BCUT2D eigenvalue weighted by molar-refractivity contribution is 0.0982. The third kappa shape index (κ3) is 4.59. The monoisotopic (exact) mass is 515 g/mol. The van der Waals surface area contributed by atoms with Crippen LogP contribution in [0.25, 0.3) is 0 Å². The van der Waals surface area contributed by atoms with Crippen LogP contribution in [0.15, 0.2) is 42.6 Å². The van der Waals surface area contributed by atoms with Gasteiger partial charge in [0.15, 0.2) is 0 Å². The molecule has 1 aromatic heterocycles. The van der Waals surface area contributed by atoms with E-state index in [2.05, 4.69) is 27.5 Å². The Morgan fingerprint density at radius 2 is 1.97 bits per heavy atom. The number of amides is 1. The fraction of sp³-hybridized carbons (Fsp3) is 0.292. The van der Waals surface area contributed by atoms with Crippen molar-refractivity contribution < 1.29 is 9.18 Å². The molecule has 1 fully saturated rings. The summed E-state index contributed by atoms with van der Waals surface area (Å²) in [6.07, 6.45) is 1.45. The molecule has 1 saturated heterocycles. The van der Waals surface area contributed by atoms with E-state index >= 15 is 0 Å². The number of hydrogen-bond acceptors (Lipinski definition) is 7. The number of anilines is 5. The number of piperazine rings is 1. The average molecular weight is 516 g/mol. The second-order valence-corrected chi connectivity index (χ2v) is 9.48. The van der Waals surface area contributed by atoms with Crippen molar-refractivity contribution in [2.75, 3.05) is 53.4 Å². The van der Waals surface area contributed by atoms with E-state index in [1.165, 1.54) is 17.2 Å². The van der Waals surface area contributed by atoms with Gasteiger partial charge in [-0.05, 0) is 37.3 Å². The van der Waals surface area contributed by atoms with Gasteiger partial charge in [-0.15, -0.1) is 0 Å². The molecule has 1 atom stereocenters. The molecule has 2 aliphatic rings. The summed E-state index contributed by atoms with van der Waals surface area (Å²) in [4.78, 5) is 27.4. The van der Waals surface area contributed by atoms with Gasteiger partial charge in [0.05, 0.1) is 28.1 Å². The zero-order valence-corrected chi connectivity index (χ0v) is 20.7. The molecule has 0 saturated carbocycles. The van der Waals surface area contributed by atoms with Gasteiger partial charge in [0.25, 0.3) is 5.91 Å². The number of halogens is 3. The van der Waals surface area contributed by atoms with Crippen LogP contribution < -0.4 is 25.3 Å². The molecule has 5 rings (SSSR count). The number of para-hydroxylation sites is 1. The zero-order chi connectivity index (χ0) is 24.7. The number of carbonyl (C=O) groups excluding carboxylic acids is 1. The minimum Gasteiger partial charge on any atom is -0.366 e. The Balaban J connectivity index is 1.37. The normalized spacial score (nSPS) is 18.0. The minimum absolute atomic E-state index is 0.207. The van der Waals surface area contributed by atoms with Gasteiger partial charge < -0.3 is 20.4 Å². The predicted molar refractivity (Wildman–Crippen MR) is 138 cm³/mol. The van der Waals surface area contributed by atoms with Crippen LogP contribution in [-0.4, -0.2) is 55.3 Å². The molecule has 0 bridgehead atoms. The Morgan fingerprint density at radius 3 is 2.69 bits per heavy atom. The maximum absolute atomic E-state index is 14.9. The fourth-order valence-electron chi connectivity index (χ4n) is 4.40. The second kappa shape index (κ2) is 9.49. The Kier molecular flexibility index (Phi) is 6.39. The van der Waals surface area contributed by atoms with Crippen LogP contribution in [0.2, 0.25) is 10.0 Å². The van der Waals surface area contributed by atoms with E-state index < -0.39 is 0 Å². The molecule has 1 unspecified atom stereocenters. The van der Waals surface area contributed by atoms with E-state index in [1.54, 1.807) is 35.2 Å². The van der Waals surface area contributed by atoms with E-state index in [1.807, 2.05) is 11.9 Å². The molecule has 3 aromatic rings. The van der Waals surface area contributed by atoms with Gasteiger partial charge >= 0.3 is 0 Å². The summed E-state index contributed by atoms with van der Waals surface area (Å²) >= 11 is 12.6. The number of aromatic nitrogens is 2. The van der Waals surface area contributed by atoms with Gasteiger partial charge in [0, 0.05) is 44.6 Å². The van der Waals surface area contributed by atoms with Crippen LogP contribution in [0.3, 0.4) is 0 Å². The first-order valence-corrected chi connectivity index (χ1v) is 12.0. The van der Waals surface area contributed by atoms with Gasteiger partial charge in [-0.3, -0.25) is 9.69 Å². The first-order valence-electron chi connectivity index (χ1n) is 11.2. The highest BCUT2D eigenvalue weighted by Gasteiger charge is 2.32. The molecular formula is C24H24Cl2FN7O. The Bertz CT molecular complexity index is 1270. The Morgan fingerprint density at radius 1 is 1.20 bits per heavy atom. The largest absolute Gasteiger partial charge is 0.366 e. The molecule has 2 N–H and O–H groups in total. The summed E-state index contributed by atoms with van der Waals surface area (Å²) in [5.74, 6) is 0.0938. The summed E-state index contributed by atoms with van der Waals surface area (Å²) < 4.78 is 14.9.